The van der Waals surface area contributed by atoms with Gasteiger partial charge in [-0.15, -0.1) is 10.2 Å². The van der Waals surface area contributed by atoms with E-state index in [0.717, 1.165) is 22.6 Å². The molecular formula is C22H24N4O3S. The zero-order valence-electron chi connectivity index (χ0n) is 17.2. The summed E-state index contributed by atoms with van der Waals surface area (Å²) < 4.78 is 6.54. The van der Waals surface area contributed by atoms with E-state index in [2.05, 4.69) is 33.2 Å². The standard InChI is InChI=1S/C22H24N4O3S/c1-15-9-10-18(16(2)11-15)26-19(12-17-7-5-4-6-8-17)24-25-22(26)30-14-20(27)23-13-21(28)29-3/h4-11H,12-14H2,1-3H3,(H,23,27). The van der Waals surface area contributed by atoms with Crippen LogP contribution in [0.3, 0.4) is 0 Å². The number of aromatic nitrogens is 3. The Balaban J connectivity index is 1.85. The zero-order chi connectivity index (χ0) is 21.5. The minimum Gasteiger partial charge on any atom is -0.468 e. The molecule has 30 heavy (non-hydrogen) atoms. The van der Waals surface area contributed by atoms with Crippen LogP contribution in [0.1, 0.15) is 22.5 Å². The number of rotatable bonds is 8. The highest BCUT2D eigenvalue weighted by Crippen LogP contribution is 2.26. The number of amides is 1. The molecule has 0 saturated heterocycles. The molecule has 3 rings (SSSR count). The highest BCUT2D eigenvalue weighted by Gasteiger charge is 2.18. The summed E-state index contributed by atoms with van der Waals surface area (Å²) in [5, 5.41) is 11.9. The average Bonchev–Trinajstić information content (AvgIpc) is 3.13. The van der Waals surface area contributed by atoms with E-state index >= 15 is 0 Å². The molecule has 1 amide bonds. The van der Waals surface area contributed by atoms with Crippen LogP contribution in [-0.4, -0.2) is 46.0 Å². The smallest absolute Gasteiger partial charge is 0.325 e. The summed E-state index contributed by atoms with van der Waals surface area (Å²) in [4.78, 5) is 23.3. The Hall–Kier alpha value is -3.13. The van der Waals surface area contributed by atoms with Crippen LogP contribution in [0.2, 0.25) is 0 Å². The van der Waals surface area contributed by atoms with E-state index in [1.807, 2.05) is 54.0 Å². The zero-order valence-corrected chi connectivity index (χ0v) is 18.0. The first kappa shape index (κ1) is 21.6. The summed E-state index contributed by atoms with van der Waals surface area (Å²) in [6.07, 6.45) is 0.621. The normalized spacial score (nSPS) is 10.6. The van der Waals surface area contributed by atoms with Gasteiger partial charge in [0.05, 0.1) is 18.6 Å². The number of nitrogens with zero attached hydrogens (tertiary/aromatic N) is 3. The molecule has 0 aliphatic heterocycles. The van der Waals surface area contributed by atoms with Crippen LogP contribution in [0, 0.1) is 13.8 Å². The molecule has 0 spiro atoms. The van der Waals surface area contributed by atoms with Crippen molar-refractivity contribution in [2.75, 3.05) is 19.4 Å². The van der Waals surface area contributed by atoms with Crippen LogP contribution >= 0.6 is 11.8 Å². The van der Waals surface area contributed by atoms with Gasteiger partial charge in [0.25, 0.3) is 0 Å². The Morgan fingerprint density at radius 3 is 2.57 bits per heavy atom. The van der Waals surface area contributed by atoms with Crippen molar-refractivity contribution in [1.82, 2.24) is 20.1 Å². The van der Waals surface area contributed by atoms with Crippen molar-refractivity contribution in [2.45, 2.75) is 25.4 Å². The lowest BCUT2D eigenvalue weighted by atomic mass is 10.1. The van der Waals surface area contributed by atoms with Gasteiger partial charge in [0, 0.05) is 6.42 Å². The Morgan fingerprint density at radius 1 is 1.10 bits per heavy atom. The fraction of sp³-hybridized carbons (Fsp3) is 0.273. The van der Waals surface area contributed by atoms with E-state index in [1.165, 1.54) is 24.4 Å². The molecule has 0 radical (unpaired) electrons. The van der Waals surface area contributed by atoms with Crippen molar-refractivity contribution in [2.24, 2.45) is 0 Å². The fourth-order valence-corrected chi connectivity index (χ4v) is 3.80. The second-order valence-corrected chi connectivity index (χ2v) is 7.77. The fourth-order valence-electron chi connectivity index (χ4n) is 3.01. The van der Waals surface area contributed by atoms with Crippen molar-refractivity contribution < 1.29 is 14.3 Å². The summed E-state index contributed by atoms with van der Waals surface area (Å²) in [7, 11) is 1.28. The van der Waals surface area contributed by atoms with Crippen molar-refractivity contribution in [3.63, 3.8) is 0 Å². The largest absolute Gasteiger partial charge is 0.468 e. The molecule has 0 aliphatic carbocycles. The molecule has 0 unspecified atom stereocenters. The van der Waals surface area contributed by atoms with Gasteiger partial charge in [-0.1, -0.05) is 59.8 Å². The number of carbonyl (C=O) groups excluding carboxylic acids is 2. The topological polar surface area (TPSA) is 86.1 Å². The maximum atomic E-state index is 12.1. The maximum Gasteiger partial charge on any atom is 0.325 e. The number of methoxy groups -OCH3 is 1. The summed E-state index contributed by atoms with van der Waals surface area (Å²) >= 11 is 1.28. The van der Waals surface area contributed by atoms with Gasteiger partial charge in [-0.3, -0.25) is 14.2 Å². The average molecular weight is 425 g/mol. The summed E-state index contributed by atoms with van der Waals surface area (Å²) in [6.45, 7) is 3.94. The molecule has 0 saturated carbocycles. The molecular weight excluding hydrogens is 400 g/mol. The second kappa shape index (κ2) is 10.1. The highest BCUT2D eigenvalue weighted by atomic mass is 32.2. The van der Waals surface area contributed by atoms with E-state index in [0.29, 0.717) is 11.6 Å². The van der Waals surface area contributed by atoms with Gasteiger partial charge >= 0.3 is 5.97 Å². The molecule has 0 atom stereocenters. The van der Waals surface area contributed by atoms with Crippen LogP contribution in [-0.2, 0) is 20.7 Å². The van der Waals surface area contributed by atoms with Gasteiger partial charge in [0.2, 0.25) is 5.91 Å². The number of hydrogen-bond acceptors (Lipinski definition) is 6. The Kier molecular flexibility index (Phi) is 7.24. The van der Waals surface area contributed by atoms with Crippen LogP contribution in [0.4, 0.5) is 0 Å². The number of nitrogens with one attached hydrogen (secondary N) is 1. The van der Waals surface area contributed by atoms with Crippen LogP contribution in [0.5, 0.6) is 0 Å². The van der Waals surface area contributed by atoms with Crippen molar-refractivity contribution in [3.05, 3.63) is 71.0 Å². The molecule has 0 fully saturated rings. The molecule has 1 heterocycles. The van der Waals surface area contributed by atoms with Gasteiger partial charge in [-0.05, 0) is 31.0 Å². The molecule has 0 aliphatic rings. The van der Waals surface area contributed by atoms with Gasteiger partial charge in [-0.2, -0.15) is 0 Å². The predicted molar refractivity (Wildman–Crippen MR) is 116 cm³/mol. The number of aryl methyl sites for hydroxylation is 2. The third-order valence-electron chi connectivity index (χ3n) is 4.49. The first-order valence-electron chi connectivity index (χ1n) is 9.50. The summed E-state index contributed by atoms with van der Waals surface area (Å²) in [5.74, 6) is 0.151. The molecule has 8 heteroatoms. The molecule has 7 nitrogen and oxygen atoms in total. The Morgan fingerprint density at radius 2 is 1.87 bits per heavy atom. The number of hydrogen-bond donors (Lipinski definition) is 1. The van der Waals surface area contributed by atoms with Gasteiger partial charge in [-0.25, -0.2) is 0 Å². The first-order chi connectivity index (χ1) is 14.5. The number of benzene rings is 2. The molecule has 1 N–H and O–H groups in total. The number of thioether (sulfide) groups is 1. The second-order valence-electron chi connectivity index (χ2n) is 6.83. The van der Waals surface area contributed by atoms with E-state index in [4.69, 9.17) is 0 Å². The number of carbonyl (C=O) groups is 2. The van der Waals surface area contributed by atoms with E-state index in [-0.39, 0.29) is 18.2 Å². The molecule has 2 aromatic carbocycles. The van der Waals surface area contributed by atoms with Crippen LogP contribution < -0.4 is 5.32 Å². The van der Waals surface area contributed by atoms with E-state index < -0.39 is 5.97 Å². The minimum atomic E-state index is -0.489. The van der Waals surface area contributed by atoms with Crippen LogP contribution in [0.15, 0.2) is 53.7 Å². The lowest BCUT2D eigenvalue weighted by molar-refractivity contribution is -0.140. The lowest BCUT2D eigenvalue weighted by Crippen LogP contribution is -2.31. The Bertz CT molecular complexity index is 1030. The van der Waals surface area contributed by atoms with Gasteiger partial charge in [0.1, 0.15) is 12.4 Å². The molecule has 3 aromatic rings. The molecule has 156 valence electrons. The van der Waals surface area contributed by atoms with Crippen molar-refractivity contribution in [3.8, 4) is 5.69 Å². The third kappa shape index (κ3) is 5.48. The van der Waals surface area contributed by atoms with Gasteiger partial charge in [0.15, 0.2) is 5.16 Å². The van der Waals surface area contributed by atoms with E-state index in [1.54, 1.807) is 0 Å². The van der Waals surface area contributed by atoms with Crippen molar-refractivity contribution in [1.29, 1.82) is 0 Å². The first-order valence-corrected chi connectivity index (χ1v) is 10.5. The maximum absolute atomic E-state index is 12.1. The molecule has 1 aromatic heterocycles. The summed E-state index contributed by atoms with van der Waals surface area (Å²) in [5.41, 5.74) is 4.38. The lowest BCUT2D eigenvalue weighted by Gasteiger charge is -2.13. The van der Waals surface area contributed by atoms with Crippen LogP contribution in [0.25, 0.3) is 5.69 Å². The molecule has 0 bridgehead atoms. The number of esters is 1. The third-order valence-corrected chi connectivity index (χ3v) is 5.42. The van der Waals surface area contributed by atoms with Crippen molar-refractivity contribution >= 4 is 23.6 Å². The summed E-state index contributed by atoms with van der Waals surface area (Å²) in [6, 6.07) is 16.3. The monoisotopic (exact) mass is 424 g/mol. The van der Waals surface area contributed by atoms with Gasteiger partial charge < -0.3 is 10.1 Å². The number of ether oxygens (including phenoxy) is 1. The highest BCUT2D eigenvalue weighted by molar-refractivity contribution is 7.99. The Labute approximate surface area is 179 Å². The SMILES string of the molecule is COC(=O)CNC(=O)CSc1nnc(Cc2ccccc2)n1-c1ccc(C)cc1C. The van der Waals surface area contributed by atoms with E-state index in [9.17, 15) is 9.59 Å². The minimum absolute atomic E-state index is 0.116. The predicted octanol–water partition coefficient (Wildman–Crippen LogP) is 2.86. The quantitative estimate of drug-likeness (QED) is 0.442.